The van der Waals surface area contributed by atoms with Crippen LogP contribution in [0, 0.1) is 0 Å². The van der Waals surface area contributed by atoms with E-state index >= 15 is 0 Å². The van der Waals surface area contributed by atoms with Gasteiger partial charge in [-0.25, -0.2) is 9.55 Å². The highest BCUT2D eigenvalue weighted by molar-refractivity contribution is 7.99. The van der Waals surface area contributed by atoms with Crippen molar-refractivity contribution in [3.63, 3.8) is 0 Å². The number of aryl methyl sites for hydroxylation is 2. The first kappa shape index (κ1) is 11.6. The maximum atomic E-state index is 3.30. The minimum Gasteiger partial charge on any atom is -0.248 e. The van der Waals surface area contributed by atoms with E-state index in [0.29, 0.717) is 0 Å². The van der Waals surface area contributed by atoms with Crippen LogP contribution in [0.4, 0.5) is 0 Å². The molecular weight excluding hydrogens is 192 g/mol. The van der Waals surface area contributed by atoms with Gasteiger partial charge in [0.15, 0.2) is 0 Å². The summed E-state index contributed by atoms with van der Waals surface area (Å²) >= 11 is 2.07. The quantitative estimate of drug-likeness (QED) is 0.544. The highest BCUT2D eigenvalue weighted by Crippen LogP contribution is 2.05. The summed E-state index contributed by atoms with van der Waals surface area (Å²) < 4.78 is 2.28. The maximum absolute atomic E-state index is 3.30. The van der Waals surface area contributed by atoms with E-state index in [1.807, 2.05) is 6.20 Å². The lowest BCUT2D eigenvalue weighted by molar-refractivity contribution is -0.699. The molecule has 0 amide bonds. The number of hydrogen-bond acceptors (Lipinski definition) is 1. The molecule has 80 valence electrons. The third-order valence-electron chi connectivity index (χ3n) is 2.24. The lowest BCUT2D eigenvalue weighted by Gasteiger charge is -1.98. The fourth-order valence-corrected chi connectivity index (χ4v) is 2.34. The maximum Gasteiger partial charge on any atom is 0.254 e. The van der Waals surface area contributed by atoms with Crippen molar-refractivity contribution in [2.75, 3.05) is 11.5 Å². The number of nitrogens with one attached hydrogen (secondary N) is 1. The summed E-state index contributed by atoms with van der Waals surface area (Å²) in [6, 6.07) is 0. The number of aromatic amines is 1. The normalized spacial score (nSPS) is 10.7. The standard InChI is InChI=1S/C11H20N2S/c1-3-9-14-10-5-6-11-12-7-8-13(11)4-2/h7-8H,3-6,9-10H2,1-2H3/p+1. The van der Waals surface area contributed by atoms with Crippen LogP contribution in [0.25, 0.3) is 0 Å². The van der Waals surface area contributed by atoms with Crippen LogP contribution in [0.3, 0.4) is 0 Å². The highest BCUT2D eigenvalue weighted by atomic mass is 32.2. The Balaban J connectivity index is 2.17. The summed E-state index contributed by atoms with van der Waals surface area (Å²) in [5.41, 5.74) is 0. The summed E-state index contributed by atoms with van der Waals surface area (Å²) in [6.45, 7) is 5.49. The van der Waals surface area contributed by atoms with Crippen molar-refractivity contribution in [1.82, 2.24) is 4.98 Å². The third-order valence-corrected chi connectivity index (χ3v) is 3.52. The third kappa shape index (κ3) is 3.74. The molecule has 3 heteroatoms. The molecule has 0 fully saturated rings. The van der Waals surface area contributed by atoms with Crippen molar-refractivity contribution in [2.24, 2.45) is 0 Å². The van der Waals surface area contributed by atoms with Gasteiger partial charge >= 0.3 is 0 Å². The molecule has 0 aromatic carbocycles. The molecule has 0 aliphatic carbocycles. The molecule has 2 nitrogen and oxygen atoms in total. The van der Waals surface area contributed by atoms with Crippen molar-refractivity contribution >= 4 is 11.8 Å². The molecule has 0 bridgehead atoms. The fraction of sp³-hybridized carbons (Fsp3) is 0.727. The minimum atomic E-state index is 1.07. The Labute approximate surface area is 91.1 Å². The van der Waals surface area contributed by atoms with Crippen LogP contribution in [0.5, 0.6) is 0 Å². The summed E-state index contributed by atoms with van der Waals surface area (Å²) in [5, 5.41) is 0. The van der Waals surface area contributed by atoms with Gasteiger partial charge in [-0.15, -0.1) is 0 Å². The van der Waals surface area contributed by atoms with Crippen molar-refractivity contribution in [2.45, 2.75) is 39.7 Å². The number of thioether (sulfide) groups is 1. The first-order chi connectivity index (χ1) is 6.88. The van der Waals surface area contributed by atoms with Gasteiger partial charge in [0.1, 0.15) is 12.4 Å². The average molecular weight is 213 g/mol. The van der Waals surface area contributed by atoms with Gasteiger partial charge in [0.05, 0.1) is 6.54 Å². The number of H-pyrrole nitrogens is 1. The zero-order valence-corrected chi connectivity index (χ0v) is 10.1. The Morgan fingerprint density at radius 3 is 2.93 bits per heavy atom. The number of rotatable bonds is 7. The summed E-state index contributed by atoms with van der Waals surface area (Å²) in [5.74, 6) is 3.96. The molecule has 0 radical (unpaired) electrons. The van der Waals surface area contributed by atoms with Gasteiger partial charge in [-0.05, 0) is 31.3 Å². The summed E-state index contributed by atoms with van der Waals surface area (Å²) in [6.07, 6.45) is 7.90. The van der Waals surface area contributed by atoms with E-state index in [-0.39, 0.29) is 0 Å². The summed E-state index contributed by atoms with van der Waals surface area (Å²) in [7, 11) is 0. The molecule has 0 atom stereocenters. The van der Waals surface area contributed by atoms with E-state index in [2.05, 4.69) is 41.4 Å². The van der Waals surface area contributed by atoms with Gasteiger partial charge < -0.3 is 0 Å². The first-order valence-electron chi connectivity index (χ1n) is 5.52. The van der Waals surface area contributed by atoms with Gasteiger partial charge in [-0.1, -0.05) is 6.92 Å². The lowest BCUT2D eigenvalue weighted by Crippen LogP contribution is -2.34. The Morgan fingerprint density at radius 2 is 2.21 bits per heavy atom. The van der Waals surface area contributed by atoms with E-state index in [1.54, 1.807) is 0 Å². The first-order valence-corrected chi connectivity index (χ1v) is 6.67. The molecular formula is C11H21N2S+. The number of hydrogen-bond donors (Lipinski definition) is 1. The Kier molecular flexibility index (Phi) is 5.76. The van der Waals surface area contributed by atoms with Crippen molar-refractivity contribution in [3.05, 3.63) is 18.2 Å². The predicted molar refractivity (Wildman–Crippen MR) is 62.6 cm³/mol. The molecule has 0 saturated carbocycles. The number of aromatic nitrogens is 2. The number of nitrogens with zero attached hydrogens (tertiary/aromatic N) is 1. The fourth-order valence-electron chi connectivity index (χ4n) is 1.50. The van der Waals surface area contributed by atoms with Crippen LogP contribution >= 0.6 is 11.8 Å². The molecule has 0 unspecified atom stereocenters. The predicted octanol–water partition coefficient (Wildman–Crippen LogP) is 2.40. The average Bonchev–Trinajstić information content (AvgIpc) is 2.65. The Hall–Kier alpha value is -0.440. The summed E-state index contributed by atoms with van der Waals surface area (Å²) in [4.78, 5) is 3.30. The molecule has 0 aliphatic heterocycles. The second-order valence-electron chi connectivity index (χ2n) is 3.41. The molecule has 1 rings (SSSR count). The highest BCUT2D eigenvalue weighted by Gasteiger charge is 2.07. The molecule has 1 N–H and O–H groups in total. The van der Waals surface area contributed by atoms with Crippen LogP contribution in [0.2, 0.25) is 0 Å². The van der Waals surface area contributed by atoms with Gasteiger partial charge in [0.25, 0.3) is 5.82 Å². The monoisotopic (exact) mass is 213 g/mol. The van der Waals surface area contributed by atoms with Crippen LogP contribution in [-0.4, -0.2) is 16.5 Å². The van der Waals surface area contributed by atoms with Gasteiger partial charge in [-0.2, -0.15) is 11.8 Å². The van der Waals surface area contributed by atoms with E-state index in [0.717, 1.165) is 6.54 Å². The van der Waals surface area contributed by atoms with Crippen molar-refractivity contribution in [3.8, 4) is 0 Å². The van der Waals surface area contributed by atoms with E-state index < -0.39 is 0 Å². The van der Waals surface area contributed by atoms with E-state index in [1.165, 1.54) is 36.6 Å². The van der Waals surface area contributed by atoms with Crippen LogP contribution in [0.1, 0.15) is 32.5 Å². The van der Waals surface area contributed by atoms with Gasteiger partial charge in [0, 0.05) is 6.42 Å². The van der Waals surface area contributed by atoms with Gasteiger partial charge in [-0.3, -0.25) is 0 Å². The molecule has 0 spiro atoms. The molecule has 14 heavy (non-hydrogen) atoms. The van der Waals surface area contributed by atoms with E-state index in [4.69, 9.17) is 0 Å². The van der Waals surface area contributed by atoms with Crippen LogP contribution < -0.4 is 4.57 Å². The van der Waals surface area contributed by atoms with Crippen molar-refractivity contribution in [1.29, 1.82) is 0 Å². The smallest absolute Gasteiger partial charge is 0.248 e. The second kappa shape index (κ2) is 6.93. The van der Waals surface area contributed by atoms with Crippen molar-refractivity contribution < 1.29 is 4.57 Å². The molecule has 1 aromatic heterocycles. The Bertz CT molecular complexity index is 245. The van der Waals surface area contributed by atoms with E-state index in [9.17, 15) is 0 Å². The minimum absolute atomic E-state index is 1.07. The van der Waals surface area contributed by atoms with Gasteiger partial charge in [0.2, 0.25) is 0 Å². The topological polar surface area (TPSA) is 19.7 Å². The number of imidazole rings is 1. The van der Waals surface area contributed by atoms with Crippen LogP contribution in [-0.2, 0) is 13.0 Å². The largest absolute Gasteiger partial charge is 0.254 e. The molecule has 1 heterocycles. The SMILES string of the molecule is CCCSCCCc1[nH]cc[n+]1CC. The molecule has 1 aromatic rings. The Morgan fingerprint density at radius 1 is 1.36 bits per heavy atom. The van der Waals surface area contributed by atoms with Crippen LogP contribution in [0.15, 0.2) is 12.4 Å². The lowest BCUT2D eigenvalue weighted by atomic mass is 10.3. The molecule has 0 aliphatic rings. The second-order valence-corrected chi connectivity index (χ2v) is 4.63. The zero-order chi connectivity index (χ0) is 10.2. The zero-order valence-electron chi connectivity index (χ0n) is 9.25. The molecule has 0 saturated heterocycles.